The molecule has 0 spiro atoms. The average Bonchev–Trinajstić information content (AvgIpc) is 2.88. The highest BCUT2D eigenvalue weighted by atomic mass is 16.5. The van der Waals surface area contributed by atoms with Crippen molar-refractivity contribution in [3.63, 3.8) is 0 Å². The number of aromatic nitrogens is 1. The maximum Gasteiger partial charge on any atom is 0.224 e. The smallest absolute Gasteiger partial charge is 0.224 e. The normalized spacial score (nSPS) is 13.9. The molecule has 2 N–H and O–H groups in total. The molecule has 36 heavy (non-hydrogen) atoms. The summed E-state index contributed by atoms with van der Waals surface area (Å²) in [5, 5.41) is 6.68. The van der Waals surface area contributed by atoms with Crippen LogP contribution in [0.5, 0.6) is 11.5 Å². The van der Waals surface area contributed by atoms with Gasteiger partial charge in [0.05, 0.1) is 19.7 Å². The van der Waals surface area contributed by atoms with E-state index in [1.54, 1.807) is 25.3 Å². The van der Waals surface area contributed by atoms with Gasteiger partial charge in [0.2, 0.25) is 11.8 Å². The molecule has 0 unspecified atom stereocenters. The molecule has 9 nitrogen and oxygen atoms in total. The largest absolute Gasteiger partial charge is 0.493 e. The quantitative estimate of drug-likeness (QED) is 0.496. The van der Waals surface area contributed by atoms with Crippen molar-refractivity contribution in [2.75, 3.05) is 63.0 Å². The van der Waals surface area contributed by atoms with Crippen LogP contribution in [-0.2, 0) is 9.59 Å². The number of pyridine rings is 1. The average molecular weight is 492 g/mol. The van der Waals surface area contributed by atoms with E-state index in [-0.39, 0.29) is 24.7 Å². The lowest BCUT2D eigenvalue weighted by Crippen LogP contribution is -2.44. The van der Waals surface area contributed by atoms with E-state index in [1.807, 2.05) is 18.2 Å². The second kappa shape index (κ2) is 11.3. The molecule has 0 atom stereocenters. The molecular weight excluding hydrogens is 458 g/mol. The minimum atomic E-state index is -0.257. The predicted molar refractivity (Wildman–Crippen MR) is 142 cm³/mol. The van der Waals surface area contributed by atoms with Crippen LogP contribution in [0.25, 0.3) is 10.9 Å². The molecule has 3 aromatic rings. The summed E-state index contributed by atoms with van der Waals surface area (Å²) in [4.78, 5) is 34.3. The number of nitrogens with zero attached hydrogens (tertiary/aromatic N) is 3. The monoisotopic (exact) mass is 491 g/mol. The maximum atomic E-state index is 12.5. The van der Waals surface area contributed by atoms with Gasteiger partial charge < -0.3 is 29.9 Å². The molecule has 2 aromatic carbocycles. The van der Waals surface area contributed by atoms with Gasteiger partial charge in [0, 0.05) is 61.8 Å². The van der Waals surface area contributed by atoms with E-state index in [1.165, 1.54) is 7.11 Å². The van der Waals surface area contributed by atoms with Crippen LogP contribution < -0.4 is 25.0 Å². The van der Waals surface area contributed by atoms with Crippen molar-refractivity contribution in [1.82, 2.24) is 9.88 Å². The standard InChI is InChI=1S/C27H33N5O4/c1-18-15-25(32-13-11-31(2)12-14-32)30-22-7-5-19(16-21(18)22)28-26(33)9-10-27(34)29-20-6-8-23(35-3)24(17-20)36-4/h5-8,15-17H,9-14H2,1-4H3,(H,28,33)(H,29,34). The number of rotatable bonds is 8. The van der Waals surface area contributed by atoms with Crippen molar-refractivity contribution in [2.45, 2.75) is 19.8 Å². The molecule has 1 aromatic heterocycles. The summed E-state index contributed by atoms with van der Waals surface area (Å²) in [6.07, 6.45) is 0.124. The summed E-state index contributed by atoms with van der Waals surface area (Å²) in [6.45, 7) is 6.03. The Bertz CT molecular complexity index is 1250. The lowest BCUT2D eigenvalue weighted by atomic mass is 10.1. The van der Waals surface area contributed by atoms with Crippen LogP contribution in [0.4, 0.5) is 17.2 Å². The Morgan fingerprint density at radius 2 is 1.47 bits per heavy atom. The predicted octanol–water partition coefficient (Wildman–Crippen LogP) is 3.67. The molecule has 2 heterocycles. The Morgan fingerprint density at radius 1 is 0.861 bits per heavy atom. The second-order valence-corrected chi connectivity index (χ2v) is 8.99. The summed E-state index contributed by atoms with van der Waals surface area (Å²) < 4.78 is 10.5. The molecule has 1 aliphatic heterocycles. The molecule has 0 aliphatic carbocycles. The lowest BCUT2D eigenvalue weighted by molar-refractivity contribution is -0.121. The zero-order valence-corrected chi connectivity index (χ0v) is 21.3. The number of amides is 2. The van der Waals surface area contributed by atoms with Gasteiger partial charge in [-0.05, 0) is 55.9 Å². The number of benzene rings is 2. The fourth-order valence-corrected chi connectivity index (χ4v) is 4.24. The van der Waals surface area contributed by atoms with Gasteiger partial charge in [-0.2, -0.15) is 0 Å². The van der Waals surface area contributed by atoms with Crippen LogP contribution in [0.3, 0.4) is 0 Å². The van der Waals surface area contributed by atoms with Gasteiger partial charge in [0.1, 0.15) is 5.82 Å². The van der Waals surface area contributed by atoms with Gasteiger partial charge in [0.15, 0.2) is 11.5 Å². The Kier molecular flexibility index (Phi) is 7.90. The van der Waals surface area contributed by atoms with E-state index in [0.717, 1.165) is 48.5 Å². The highest BCUT2D eigenvalue weighted by Gasteiger charge is 2.17. The molecule has 0 bridgehead atoms. The Hall–Kier alpha value is -3.85. The van der Waals surface area contributed by atoms with Crippen molar-refractivity contribution in [3.05, 3.63) is 48.0 Å². The van der Waals surface area contributed by atoms with Gasteiger partial charge in [-0.25, -0.2) is 4.98 Å². The third-order valence-corrected chi connectivity index (χ3v) is 6.36. The van der Waals surface area contributed by atoms with E-state index in [0.29, 0.717) is 22.9 Å². The highest BCUT2D eigenvalue weighted by Crippen LogP contribution is 2.30. The number of ether oxygens (including phenoxy) is 2. The van der Waals surface area contributed by atoms with Gasteiger partial charge in [0.25, 0.3) is 0 Å². The van der Waals surface area contributed by atoms with E-state index in [4.69, 9.17) is 14.5 Å². The number of methoxy groups -OCH3 is 2. The van der Waals surface area contributed by atoms with Gasteiger partial charge in [-0.1, -0.05) is 0 Å². The van der Waals surface area contributed by atoms with Crippen LogP contribution in [0, 0.1) is 6.92 Å². The van der Waals surface area contributed by atoms with Crippen LogP contribution in [0.1, 0.15) is 18.4 Å². The van der Waals surface area contributed by atoms with Crippen LogP contribution in [0.2, 0.25) is 0 Å². The summed E-state index contributed by atoms with van der Waals surface area (Å²) in [5.74, 6) is 1.60. The lowest BCUT2D eigenvalue weighted by Gasteiger charge is -2.33. The van der Waals surface area contributed by atoms with E-state index < -0.39 is 0 Å². The van der Waals surface area contributed by atoms with Gasteiger partial charge in [-0.15, -0.1) is 0 Å². The van der Waals surface area contributed by atoms with E-state index in [9.17, 15) is 9.59 Å². The van der Waals surface area contributed by atoms with Crippen molar-refractivity contribution in [3.8, 4) is 11.5 Å². The molecule has 190 valence electrons. The molecule has 9 heteroatoms. The summed E-state index contributed by atoms with van der Waals surface area (Å²) >= 11 is 0. The van der Waals surface area contributed by atoms with E-state index in [2.05, 4.69) is 40.5 Å². The third-order valence-electron chi connectivity index (χ3n) is 6.36. The fraction of sp³-hybridized carbons (Fsp3) is 0.370. The number of anilines is 3. The Labute approximate surface area is 211 Å². The first-order chi connectivity index (χ1) is 17.4. The Balaban J connectivity index is 1.34. The number of piperazine rings is 1. The fourth-order valence-electron chi connectivity index (χ4n) is 4.24. The first-order valence-electron chi connectivity index (χ1n) is 12.0. The number of hydrogen-bond acceptors (Lipinski definition) is 7. The summed E-state index contributed by atoms with van der Waals surface area (Å²) in [7, 11) is 5.22. The number of hydrogen-bond donors (Lipinski definition) is 2. The zero-order valence-electron chi connectivity index (χ0n) is 21.3. The number of fused-ring (bicyclic) bond motifs is 1. The molecule has 1 fully saturated rings. The molecule has 4 rings (SSSR count). The molecule has 0 saturated carbocycles. The molecular formula is C27H33N5O4. The maximum absolute atomic E-state index is 12.5. The van der Waals surface area contributed by atoms with Crippen LogP contribution in [0.15, 0.2) is 42.5 Å². The Morgan fingerprint density at radius 3 is 2.11 bits per heavy atom. The van der Waals surface area contributed by atoms with Crippen molar-refractivity contribution < 1.29 is 19.1 Å². The molecule has 1 aliphatic rings. The van der Waals surface area contributed by atoms with Crippen molar-refractivity contribution >= 4 is 39.9 Å². The summed E-state index contributed by atoms with van der Waals surface area (Å²) in [6, 6.07) is 12.9. The van der Waals surface area contributed by atoms with Crippen LogP contribution in [-0.4, -0.2) is 69.1 Å². The number of aryl methyl sites for hydroxylation is 1. The van der Waals surface area contributed by atoms with Crippen LogP contribution >= 0.6 is 0 Å². The first-order valence-corrected chi connectivity index (χ1v) is 12.0. The number of carbonyl (C=O) groups excluding carboxylic acids is 2. The third kappa shape index (κ3) is 6.04. The number of likely N-dealkylation sites (N-methyl/N-ethyl adjacent to an activating group) is 1. The zero-order chi connectivity index (χ0) is 25.7. The van der Waals surface area contributed by atoms with Gasteiger partial charge >= 0.3 is 0 Å². The number of nitrogens with one attached hydrogen (secondary N) is 2. The number of carbonyl (C=O) groups is 2. The topological polar surface area (TPSA) is 96.0 Å². The molecule has 2 amide bonds. The minimum absolute atomic E-state index is 0.0583. The molecule has 1 saturated heterocycles. The molecule has 0 radical (unpaired) electrons. The SMILES string of the molecule is COc1ccc(NC(=O)CCC(=O)Nc2ccc3nc(N4CCN(C)CC4)cc(C)c3c2)cc1OC. The second-order valence-electron chi connectivity index (χ2n) is 8.99. The van der Waals surface area contributed by atoms with Gasteiger partial charge in [-0.3, -0.25) is 9.59 Å². The van der Waals surface area contributed by atoms with E-state index >= 15 is 0 Å². The van der Waals surface area contributed by atoms with Crippen molar-refractivity contribution in [1.29, 1.82) is 0 Å². The van der Waals surface area contributed by atoms with Crippen molar-refractivity contribution in [2.24, 2.45) is 0 Å². The highest BCUT2D eigenvalue weighted by molar-refractivity contribution is 5.98. The minimum Gasteiger partial charge on any atom is -0.493 e. The first kappa shape index (κ1) is 25.2. The summed E-state index contributed by atoms with van der Waals surface area (Å²) in [5.41, 5.74) is 3.27.